The van der Waals surface area contributed by atoms with Crippen LogP contribution in [0.25, 0.3) is 16.5 Å². The van der Waals surface area contributed by atoms with Crippen LogP contribution in [-0.4, -0.2) is 33.5 Å². The van der Waals surface area contributed by atoms with E-state index >= 15 is 0 Å². The van der Waals surface area contributed by atoms with Crippen LogP contribution >= 0.6 is 0 Å². The van der Waals surface area contributed by atoms with E-state index in [1.165, 1.54) is 6.92 Å². The third-order valence-corrected chi connectivity index (χ3v) is 8.60. The van der Waals surface area contributed by atoms with Gasteiger partial charge < -0.3 is 10.6 Å². The monoisotopic (exact) mass is 680 g/mol. The van der Waals surface area contributed by atoms with E-state index in [1.807, 2.05) is 93.6 Å². The van der Waals surface area contributed by atoms with Crippen LogP contribution in [0.5, 0.6) is 0 Å². The lowest BCUT2D eigenvalue weighted by Gasteiger charge is -2.43. The first-order valence-electron chi connectivity index (χ1n) is 17.0. The van der Waals surface area contributed by atoms with Crippen molar-refractivity contribution in [2.24, 2.45) is 16.2 Å². The Hall–Kier alpha value is -4.99. The lowest BCUT2D eigenvalue weighted by atomic mass is 9.64. The lowest BCUT2D eigenvalue weighted by Crippen LogP contribution is -2.56. The molecule has 1 saturated heterocycles. The number of imide groups is 1. The third-order valence-electron chi connectivity index (χ3n) is 8.60. The number of carbonyl (C=O) groups is 4. The molecule has 4 N–H and O–H groups in total. The van der Waals surface area contributed by atoms with Gasteiger partial charge in [0.15, 0.2) is 0 Å². The van der Waals surface area contributed by atoms with Gasteiger partial charge in [-0.3, -0.25) is 25.0 Å². The first-order valence-corrected chi connectivity index (χ1v) is 17.0. The van der Waals surface area contributed by atoms with Crippen molar-refractivity contribution in [1.29, 1.82) is 0 Å². The lowest BCUT2D eigenvalue weighted by molar-refractivity contribution is -0.150. The average molecular weight is 681 g/mol. The smallest absolute Gasteiger partial charge is 0.324 e. The van der Waals surface area contributed by atoms with Gasteiger partial charge in [0, 0.05) is 41.2 Å². The summed E-state index contributed by atoms with van der Waals surface area (Å²) in [7, 11) is 0. The molecular weight excluding hydrogens is 628 g/mol. The second kappa shape index (κ2) is 14.5. The molecule has 5 rings (SSSR count). The molecule has 10 heteroatoms. The number of carbonyl (C=O) groups excluding carboxylic acids is 4. The number of rotatable bonds is 6. The van der Waals surface area contributed by atoms with Crippen molar-refractivity contribution in [2.75, 3.05) is 10.6 Å². The van der Waals surface area contributed by atoms with Crippen molar-refractivity contribution in [3.63, 3.8) is 0 Å². The number of urea groups is 1. The molecule has 5 amide bonds. The largest absolute Gasteiger partial charge is 0.352 e. The quantitative estimate of drug-likeness (QED) is 0.153. The van der Waals surface area contributed by atoms with E-state index in [-0.39, 0.29) is 34.6 Å². The number of hydrogen-bond acceptors (Lipinski definition) is 5. The van der Waals surface area contributed by atoms with Crippen LogP contribution in [0.1, 0.15) is 93.3 Å². The summed E-state index contributed by atoms with van der Waals surface area (Å²) < 4.78 is 1.72. The second-order valence-corrected chi connectivity index (χ2v) is 16.4. The van der Waals surface area contributed by atoms with Crippen molar-refractivity contribution in [1.82, 2.24) is 20.4 Å². The number of piperidine rings is 1. The predicted molar refractivity (Wildman–Crippen MR) is 200 cm³/mol. The van der Waals surface area contributed by atoms with Crippen LogP contribution in [0.4, 0.5) is 16.3 Å². The van der Waals surface area contributed by atoms with Gasteiger partial charge in [0.1, 0.15) is 5.82 Å². The SMILES string of the molecule is CC(=O)NCc1cccc(-n2nc(C(C)(C)C)cc2NC(=O)Nc2cccc3ccccc23)c1.CC(C)(C)CC1(C)CC(C)(C)C(=O)NC1=O. The summed E-state index contributed by atoms with van der Waals surface area (Å²) >= 11 is 0. The first kappa shape index (κ1) is 37.8. The van der Waals surface area contributed by atoms with E-state index in [4.69, 9.17) is 5.10 Å². The Kier molecular flexibility index (Phi) is 10.9. The maximum Gasteiger partial charge on any atom is 0.324 e. The van der Waals surface area contributed by atoms with Crippen molar-refractivity contribution in [2.45, 2.75) is 94.0 Å². The van der Waals surface area contributed by atoms with Crippen LogP contribution in [0.2, 0.25) is 0 Å². The second-order valence-electron chi connectivity index (χ2n) is 16.4. The summed E-state index contributed by atoms with van der Waals surface area (Å²) in [4.78, 5) is 47.9. The summed E-state index contributed by atoms with van der Waals surface area (Å²) in [5.41, 5.74) is 2.30. The maximum atomic E-state index is 13.0. The molecule has 4 aromatic rings. The average Bonchev–Trinajstić information content (AvgIpc) is 3.43. The molecule has 0 saturated carbocycles. The zero-order chi connectivity index (χ0) is 37.1. The Morgan fingerprint density at radius 2 is 1.52 bits per heavy atom. The van der Waals surface area contributed by atoms with E-state index in [9.17, 15) is 19.2 Å². The molecular formula is C40H52N6O4. The Balaban J connectivity index is 0.000000295. The summed E-state index contributed by atoms with van der Waals surface area (Å²) in [6, 6.07) is 23.0. The molecule has 1 aliphatic rings. The van der Waals surface area contributed by atoms with Crippen LogP contribution in [0, 0.1) is 16.2 Å². The molecule has 0 aliphatic carbocycles. The van der Waals surface area contributed by atoms with Gasteiger partial charge in [-0.25, -0.2) is 9.48 Å². The topological polar surface area (TPSA) is 134 Å². The molecule has 1 atom stereocenters. The Labute approximate surface area is 295 Å². The molecule has 3 aromatic carbocycles. The minimum atomic E-state index is -0.450. The van der Waals surface area contributed by atoms with E-state index in [0.29, 0.717) is 18.8 Å². The number of anilines is 2. The molecule has 2 heterocycles. The van der Waals surface area contributed by atoms with Crippen molar-refractivity contribution in [3.05, 3.63) is 84.1 Å². The highest BCUT2D eigenvalue weighted by atomic mass is 16.2. The maximum absolute atomic E-state index is 13.0. The van der Waals surface area contributed by atoms with Gasteiger partial charge in [0.25, 0.3) is 0 Å². The van der Waals surface area contributed by atoms with Crippen LogP contribution in [-0.2, 0) is 26.3 Å². The summed E-state index contributed by atoms with van der Waals surface area (Å²) in [6.45, 7) is 20.3. The van der Waals surface area contributed by atoms with Gasteiger partial charge in [-0.2, -0.15) is 5.10 Å². The van der Waals surface area contributed by atoms with Gasteiger partial charge in [-0.05, 0) is 47.4 Å². The van der Waals surface area contributed by atoms with Crippen LogP contribution < -0.4 is 21.3 Å². The number of benzene rings is 3. The van der Waals surface area contributed by atoms with E-state index in [0.717, 1.165) is 39.8 Å². The van der Waals surface area contributed by atoms with Crippen molar-refractivity contribution < 1.29 is 19.2 Å². The number of amides is 5. The molecule has 0 spiro atoms. The molecule has 266 valence electrons. The Morgan fingerprint density at radius 1 is 0.860 bits per heavy atom. The molecule has 0 radical (unpaired) electrons. The highest BCUT2D eigenvalue weighted by Crippen LogP contribution is 2.45. The van der Waals surface area contributed by atoms with E-state index in [1.54, 1.807) is 4.68 Å². The molecule has 1 aliphatic heterocycles. The number of nitrogens with zero attached hydrogens (tertiary/aromatic N) is 2. The van der Waals surface area contributed by atoms with E-state index in [2.05, 4.69) is 62.8 Å². The highest BCUT2D eigenvalue weighted by molar-refractivity contribution is 6.06. The molecule has 10 nitrogen and oxygen atoms in total. The van der Waals surface area contributed by atoms with Crippen LogP contribution in [0.3, 0.4) is 0 Å². The summed E-state index contributed by atoms with van der Waals surface area (Å²) in [5.74, 6) is 0.196. The fraction of sp³-hybridized carbons (Fsp3) is 0.425. The fourth-order valence-corrected chi connectivity index (χ4v) is 6.53. The normalized spacial score (nSPS) is 17.3. The third kappa shape index (κ3) is 9.58. The fourth-order valence-electron chi connectivity index (χ4n) is 6.53. The summed E-state index contributed by atoms with van der Waals surface area (Å²) in [5, 5.41) is 18.1. The zero-order valence-electron chi connectivity index (χ0n) is 31.1. The Bertz CT molecular complexity index is 1890. The predicted octanol–water partition coefficient (Wildman–Crippen LogP) is 8.10. The minimum absolute atomic E-state index is 0.0859. The molecule has 50 heavy (non-hydrogen) atoms. The van der Waals surface area contributed by atoms with Crippen molar-refractivity contribution in [3.8, 4) is 5.69 Å². The van der Waals surface area contributed by atoms with Gasteiger partial charge in [-0.15, -0.1) is 0 Å². The first-order chi connectivity index (χ1) is 23.2. The minimum Gasteiger partial charge on any atom is -0.352 e. The van der Waals surface area contributed by atoms with Gasteiger partial charge >= 0.3 is 6.03 Å². The zero-order valence-corrected chi connectivity index (χ0v) is 31.1. The van der Waals surface area contributed by atoms with Gasteiger partial charge in [-0.1, -0.05) is 111 Å². The number of hydrogen-bond donors (Lipinski definition) is 4. The number of fused-ring (bicyclic) bond motifs is 1. The van der Waals surface area contributed by atoms with Gasteiger partial charge in [0.2, 0.25) is 17.7 Å². The standard InChI is InChI=1S/C27H29N5O2.C13H23NO2/c1-18(33)28-17-19-9-7-12-21(15-19)32-25(16-24(31-32)27(2,3)4)30-26(34)29-23-14-8-11-20-10-5-6-13-22(20)23;1-11(2,3)7-13(6)8-12(4,5)9(15)14-10(13)16/h5-16H,17H2,1-4H3,(H,28,33)(H2,29,30,34);7-8H2,1-6H3,(H,14,15,16). The molecule has 1 fully saturated rings. The van der Waals surface area contributed by atoms with E-state index < -0.39 is 10.8 Å². The highest BCUT2D eigenvalue weighted by Gasteiger charge is 2.49. The number of nitrogens with one attached hydrogen (secondary N) is 4. The summed E-state index contributed by atoms with van der Waals surface area (Å²) in [6.07, 6.45) is 1.42. The molecule has 1 unspecified atom stereocenters. The Morgan fingerprint density at radius 3 is 2.18 bits per heavy atom. The molecule has 0 bridgehead atoms. The van der Waals surface area contributed by atoms with Crippen LogP contribution in [0.15, 0.2) is 72.8 Å². The van der Waals surface area contributed by atoms with Crippen molar-refractivity contribution >= 4 is 46.0 Å². The van der Waals surface area contributed by atoms with Gasteiger partial charge in [0.05, 0.1) is 17.1 Å². The molecule has 1 aromatic heterocycles. The number of aromatic nitrogens is 2.